The second-order valence-corrected chi connectivity index (χ2v) is 0. The van der Waals surface area contributed by atoms with Gasteiger partial charge in [0, 0.05) is 0 Å². The van der Waals surface area contributed by atoms with Crippen molar-refractivity contribution in [2.45, 2.75) is 0 Å². The Kier molecular flexibility index (Phi) is 131. The van der Waals surface area contributed by atoms with Crippen molar-refractivity contribution >= 4 is 0 Å². The monoisotopic (exact) mass is 192 g/mol. The minimum absolute atomic E-state index is 0. The molecule has 0 rings (SSSR count). The molecule has 0 aliphatic carbocycles. The van der Waals surface area contributed by atoms with Crippen LogP contribution in [0, 0.1) is 0 Å². The first kappa shape index (κ1) is 30.2. The molecule has 0 aliphatic heterocycles. The number of hydrogen-bond acceptors (Lipinski definition) is 0. The van der Waals surface area contributed by atoms with E-state index < -0.39 is 0 Å². The molecule has 0 nitrogen and oxygen atoms in total. The summed E-state index contributed by atoms with van der Waals surface area (Å²) >= 11 is 0. The number of halogens is 2. The fourth-order valence-electron chi connectivity index (χ4n) is 0. The summed E-state index contributed by atoms with van der Waals surface area (Å²) in [7, 11) is 0. The summed E-state index contributed by atoms with van der Waals surface area (Å²) in [6.45, 7) is 0. The van der Waals surface area contributed by atoms with E-state index in [4.69, 9.17) is 0 Å². The van der Waals surface area contributed by atoms with Crippen molar-refractivity contribution in [2.75, 3.05) is 0 Å². The Balaban J connectivity index is 0. The molecule has 0 unspecified atom stereocenters. The van der Waals surface area contributed by atoms with Crippen molar-refractivity contribution in [3.8, 4) is 0 Å². The molecule has 0 aliphatic rings. The Morgan fingerprint density at radius 1 is 0.750 bits per heavy atom. The van der Waals surface area contributed by atoms with Gasteiger partial charge < -0.3 is 28.7 Å². The molecule has 0 atom stereocenters. The van der Waals surface area contributed by atoms with E-state index in [0.29, 0.717) is 0 Å². The van der Waals surface area contributed by atoms with Gasteiger partial charge >= 0.3 is 59.1 Å². The summed E-state index contributed by atoms with van der Waals surface area (Å²) in [6, 6.07) is 0. The molecule has 4 heteroatoms. The molecule has 0 aromatic carbocycles. The van der Waals surface area contributed by atoms with Crippen molar-refractivity contribution in [1.82, 2.24) is 0 Å². The first-order valence-electron chi connectivity index (χ1n) is 0. The molecular formula is FINa2. The summed E-state index contributed by atoms with van der Waals surface area (Å²) in [6.07, 6.45) is 0. The van der Waals surface area contributed by atoms with Gasteiger partial charge in [0.25, 0.3) is 0 Å². The van der Waals surface area contributed by atoms with Crippen molar-refractivity contribution in [1.29, 1.82) is 0 Å². The van der Waals surface area contributed by atoms with Gasteiger partial charge in [-0.15, -0.1) is 0 Å². The first-order chi connectivity index (χ1) is 0. The van der Waals surface area contributed by atoms with Gasteiger partial charge in [0.2, 0.25) is 0 Å². The molecule has 0 fully saturated rings. The summed E-state index contributed by atoms with van der Waals surface area (Å²) < 4.78 is 0. The average molecular weight is 192 g/mol. The third-order valence-electron chi connectivity index (χ3n) is 0. The van der Waals surface area contributed by atoms with E-state index in [2.05, 4.69) is 0 Å². The Morgan fingerprint density at radius 3 is 0.750 bits per heavy atom. The molecule has 0 N–H and O–H groups in total. The second-order valence-electron chi connectivity index (χ2n) is 0. The molecule has 0 radical (unpaired) electrons. The zero-order chi connectivity index (χ0) is 0. The zero-order valence-electron chi connectivity index (χ0n) is 2.76. The number of rotatable bonds is 0. The molecular weight excluding hydrogens is 192 g/mol. The summed E-state index contributed by atoms with van der Waals surface area (Å²) in [5, 5.41) is 0. The second kappa shape index (κ2) is 17.4. The van der Waals surface area contributed by atoms with Crippen LogP contribution in [0.15, 0.2) is 0 Å². The average Bonchev–Trinajstić information content (AvgIpc) is 0. The molecule has 0 aromatic heterocycles. The van der Waals surface area contributed by atoms with Crippen molar-refractivity contribution in [2.24, 2.45) is 0 Å². The SMILES string of the molecule is [F-].[I-].[Na+].[Na+]. The third-order valence-corrected chi connectivity index (χ3v) is 0. The largest absolute Gasteiger partial charge is 1.00 e. The standard InChI is InChI=1S/FH.HI.2Na/h2*1H;;/q;;2*+1/p-2. The maximum absolute atomic E-state index is 0. The van der Waals surface area contributed by atoms with E-state index in [0.717, 1.165) is 0 Å². The maximum Gasteiger partial charge on any atom is 1.00 e. The molecule has 4 heavy (non-hydrogen) atoms. The minimum Gasteiger partial charge on any atom is -1.00 e. The molecule has 0 bridgehead atoms. The smallest absolute Gasteiger partial charge is 1.00 e. The van der Waals surface area contributed by atoms with Crippen LogP contribution in [0.3, 0.4) is 0 Å². The first-order valence-corrected chi connectivity index (χ1v) is 0. The van der Waals surface area contributed by atoms with Crippen molar-refractivity contribution in [3.63, 3.8) is 0 Å². The van der Waals surface area contributed by atoms with E-state index >= 15 is 0 Å². The van der Waals surface area contributed by atoms with Gasteiger partial charge in [-0.2, -0.15) is 0 Å². The summed E-state index contributed by atoms with van der Waals surface area (Å²) in [4.78, 5) is 0. The van der Waals surface area contributed by atoms with Gasteiger partial charge in [-0.1, -0.05) is 0 Å². The molecule has 0 amide bonds. The Hall–Kier alpha value is 2.66. The Labute approximate surface area is 86.1 Å². The van der Waals surface area contributed by atoms with Gasteiger partial charge in [0.15, 0.2) is 0 Å². The third kappa shape index (κ3) is 8.82. The van der Waals surface area contributed by atoms with Crippen LogP contribution in [0.2, 0.25) is 0 Å². The van der Waals surface area contributed by atoms with Crippen LogP contribution in [0.1, 0.15) is 0 Å². The van der Waals surface area contributed by atoms with Crippen LogP contribution in [-0.4, -0.2) is 0 Å². The minimum atomic E-state index is 0. The maximum atomic E-state index is 0. The predicted molar refractivity (Wildman–Crippen MR) is 0 cm³/mol. The van der Waals surface area contributed by atoms with Crippen molar-refractivity contribution < 1.29 is 87.8 Å². The Bertz CT molecular complexity index is 6.00. The fourth-order valence-corrected chi connectivity index (χ4v) is 0. The molecule has 0 aromatic rings. The van der Waals surface area contributed by atoms with Crippen LogP contribution < -0.4 is 87.8 Å². The Morgan fingerprint density at radius 2 is 0.750 bits per heavy atom. The van der Waals surface area contributed by atoms with E-state index in [-0.39, 0.29) is 87.8 Å². The van der Waals surface area contributed by atoms with Gasteiger partial charge in [-0.05, 0) is 0 Å². The van der Waals surface area contributed by atoms with Gasteiger partial charge in [0.1, 0.15) is 0 Å². The van der Waals surface area contributed by atoms with Crippen LogP contribution in [0.25, 0.3) is 0 Å². The molecule has 0 heterocycles. The normalized spacial score (nSPS) is 0. The molecule has 0 spiro atoms. The van der Waals surface area contributed by atoms with E-state index in [9.17, 15) is 0 Å². The topological polar surface area (TPSA) is 0 Å². The summed E-state index contributed by atoms with van der Waals surface area (Å²) in [5.41, 5.74) is 0. The van der Waals surface area contributed by atoms with Gasteiger partial charge in [0.05, 0.1) is 0 Å². The molecule has 0 saturated carbocycles. The van der Waals surface area contributed by atoms with Gasteiger partial charge in [-0.25, -0.2) is 0 Å². The summed E-state index contributed by atoms with van der Waals surface area (Å²) in [5.74, 6) is 0. The van der Waals surface area contributed by atoms with Crippen LogP contribution in [-0.2, 0) is 0 Å². The van der Waals surface area contributed by atoms with Gasteiger partial charge in [-0.3, -0.25) is 0 Å². The van der Waals surface area contributed by atoms with Crippen molar-refractivity contribution in [3.05, 3.63) is 0 Å². The predicted octanol–water partition coefficient (Wildman–Crippen LogP) is -12.0. The van der Waals surface area contributed by atoms with Crippen LogP contribution in [0.5, 0.6) is 0 Å². The number of hydrogen-bond donors (Lipinski definition) is 0. The van der Waals surface area contributed by atoms with E-state index in [1.165, 1.54) is 0 Å². The zero-order valence-corrected chi connectivity index (χ0v) is 8.91. The molecule has 0 saturated heterocycles. The fraction of sp³-hybridized carbons (Fsp3) is 0. The van der Waals surface area contributed by atoms with Crippen LogP contribution in [0.4, 0.5) is 0 Å². The van der Waals surface area contributed by atoms with E-state index in [1.807, 2.05) is 0 Å². The van der Waals surface area contributed by atoms with Crippen LogP contribution >= 0.6 is 0 Å². The molecule has 16 valence electrons. The quantitative estimate of drug-likeness (QED) is 0.264. The van der Waals surface area contributed by atoms with E-state index in [1.54, 1.807) is 0 Å².